The minimum absolute atomic E-state index is 0.0805. The van der Waals surface area contributed by atoms with Crippen LogP contribution in [0.5, 0.6) is 0 Å². The number of hydrogen-bond acceptors (Lipinski definition) is 3. The van der Waals surface area contributed by atoms with Crippen LogP contribution in [0, 0.1) is 0 Å². The van der Waals surface area contributed by atoms with Crippen molar-refractivity contribution in [3.63, 3.8) is 0 Å². The summed E-state index contributed by atoms with van der Waals surface area (Å²) >= 11 is 0. The average Bonchev–Trinajstić information content (AvgIpc) is 2.46. The molecule has 0 aromatic heterocycles. The lowest BCUT2D eigenvalue weighted by molar-refractivity contribution is -0.116. The lowest BCUT2D eigenvalue weighted by Gasteiger charge is -2.33. The summed E-state index contributed by atoms with van der Waals surface area (Å²) in [5, 5.41) is 2.95. The molecule has 110 valence electrons. The van der Waals surface area contributed by atoms with Crippen LogP contribution in [-0.4, -0.2) is 29.9 Å². The van der Waals surface area contributed by atoms with Gasteiger partial charge in [-0.25, -0.2) is 0 Å². The molecule has 0 saturated carbocycles. The predicted octanol–water partition coefficient (Wildman–Crippen LogP) is 2.35. The number of nitrogens with two attached hydrogens (primary N) is 1. The molecule has 4 heteroatoms. The fraction of sp³-hybridized carbons (Fsp3) is 0.562. The molecule has 1 fully saturated rings. The summed E-state index contributed by atoms with van der Waals surface area (Å²) in [6.45, 7) is 4.72. The zero-order chi connectivity index (χ0) is 14.4. The summed E-state index contributed by atoms with van der Waals surface area (Å²) in [6, 6.07) is 8.33. The van der Waals surface area contributed by atoms with E-state index >= 15 is 0 Å². The van der Waals surface area contributed by atoms with Crippen molar-refractivity contribution in [3.8, 4) is 0 Å². The van der Waals surface area contributed by atoms with Crippen LogP contribution < -0.4 is 11.1 Å². The Hall–Kier alpha value is -1.39. The number of piperidine rings is 1. The van der Waals surface area contributed by atoms with Crippen LogP contribution >= 0.6 is 0 Å². The number of hydrogen-bond donors (Lipinski definition) is 2. The quantitative estimate of drug-likeness (QED) is 0.867. The summed E-state index contributed by atoms with van der Waals surface area (Å²) in [4.78, 5) is 14.4. The fourth-order valence-corrected chi connectivity index (χ4v) is 2.73. The van der Waals surface area contributed by atoms with Gasteiger partial charge in [0.15, 0.2) is 0 Å². The molecule has 3 N–H and O–H groups in total. The van der Waals surface area contributed by atoms with E-state index in [1.807, 2.05) is 24.3 Å². The smallest absolute Gasteiger partial charge is 0.225 e. The molecule has 0 aliphatic carbocycles. The standard InChI is InChI=1S/C16H25N3O/c1-13-5-2-3-9-19(13)10-8-16(20)18-15-7-4-6-14(11-15)12-17/h4,6-7,11,13H,2-3,5,8-10,12,17H2,1H3,(H,18,20). The van der Waals surface area contributed by atoms with Crippen LogP contribution in [0.25, 0.3) is 0 Å². The van der Waals surface area contributed by atoms with Gasteiger partial charge in [-0.1, -0.05) is 18.6 Å². The molecule has 1 saturated heterocycles. The first-order valence-corrected chi connectivity index (χ1v) is 7.52. The Balaban J connectivity index is 1.79. The molecule has 1 heterocycles. The number of nitrogens with one attached hydrogen (secondary N) is 1. The molecule has 4 nitrogen and oxygen atoms in total. The van der Waals surface area contributed by atoms with Crippen molar-refractivity contribution < 1.29 is 4.79 Å². The fourth-order valence-electron chi connectivity index (χ4n) is 2.73. The van der Waals surface area contributed by atoms with Crippen molar-refractivity contribution in [2.75, 3.05) is 18.4 Å². The normalized spacial score (nSPS) is 19.8. The molecule has 0 spiro atoms. The molecule has 0 radical (unpaired) electrons. The van der Waals surface area contributed by atoms with Gasteiger partial charge in [-0.15, -0.1) is 0 Å². The highest BCUT2D eigenvalue weighted by molar-refractivity contribution is 5.90. The minimum Gasteiger partial charge on any atom is -0.326 e. The van der Waals surface area contributed by atoms with Gasteiger partial charge in [0, 0.05) is 31.2 Å². The third-order valence-corrected chi connectivity index (χ3v) is 4.01. The van der Waals surface area contributed by atoms with E-state index in [0.717, 1.165) is 24.3 Å². The Kier molecular flexibility index (Phi) is 5.56. The first kappa shape index (κ1) is 15.0. The highest BCUT2D eigenvalue weighted by Gasteiger charge is 2.18. The van der Waals surface area contributed by atoms with Crippen LogP contribution in [0.1, 0.15) is 38.2 Å². The van der Waals surface area contributed by atoms with Crippen molar-refractivity contribution in [1.29, 1.82) is 0 Å². The van der Waals surface area contributed by atoms with Gasteiger partial charge < -0.3 is 16.0 Å². The van der Waals surface area contributed by atoms with Crippen molar-refractivity contribution in [1.82, 2.24) is 4.90 Å². The molecular formula is C16H25N3O. The molecule has 2 rings (SSSR count). The summed E-state index contributed by atoms with van der Waals surface area (Å²) in [7, 11) is 0. The van der Waals surface area contributed by atoms with E-state index in [9.17, 15) is 4.79 Å². The zero-order valence-electron chi connectivity index (χ0n) is 12.3. The zero-order valence-corrected chi connectivity index (χ0v) is 12.3. The number of carbonyl (C=O) groups is 1. The lowest BCUT2D eigenvalue weighted by atomic mass is 10.0. The topological polar surface area (TPSA) is 58.4 Å². The number of carbonyl (C=O) groups excluding carboxylic acids is 1. The van der Waals surface area contributed by atoms with Gasteiger partial charge in [-0.3, -0.25) is 4.79 Å². The van der Waals surface area contributed by atoms with Gasteiger partial charge in [0.25, 0.3) is 0 Å². The summed E-state index contributed by atoms with van der Waals surface area (Å²) in [6.07, 6.45) is 4.37. The van der Waals surface area contributed by atoms with Gasteiger partial charge in [0.05, 0.1) is 0 Å². The van der Waals surface area contributed by atoms with Crippen LogP contribution in [0.3, 0.4) is 0 Å². The second kappa shape index (κ2) is 7.41. The van der Waals surface area contributed by atoms with Crippen LogP contribution in [0.15, 0.2) is 24.3 Å². The Morgan fingerprint density at radius 3 is 3.05 bits per heavy atom. The molecule has 1 aliphatic heterocycles. The molecule has 1 atom stereocenters. The van der Waals surface area contributed by atoms with Gasteiger partial charge in [0.2, 0.25) is 5.91 Å². The number of rotatable bonds is 5. The first-order chi connectivity index (χ1) is 9.69. The van der Waals surface area contributed by atoms with E-state index in [1.54, 1.807) is 0 Å². The maximum absolute atomic E-state index is 12.0. The summed E-state index contributed by atoms with van der Waals surface area (Å²) in [5.74, 6) is 0.0805. The Bertz CT molecular complexity index is 447. The monoisotopic (exact) mass is 275 g/mol. The summed E-state index contributed by atoms with van der Waals surface area (Å²) < 4.78 is 0. The molecule has 1 aliphatic rings. The van der Waals surface area contributed by atoms with Gasteiger partial charge in [0.1, 0.15) is 0 Å². The maximum Gasteiger partial charge on any atom is 0.225 e. The molecule has 1 aromatic rings. The van der Waals surface area contributed by atoms with Gasteiger partial charge >= 0.3 is 0 Å². The Morgan fingerprint density at radius 2 is 2.30 bits per heavy atom. The lowest BCUT2D eigenvalue weighted by Crippen LogP contribution is -2.39. The van der Waals surface area contributed by atoms with Gasteiger partial charge in [-0.05, 0) is 44.0 Å². The molecule has 1 amide bonds. The van der Waals surface area contributed by atoms with Crippen molar-refractivity contribution >= 4 is 11.6 Å². The number of benzene rings is 1. The highest BCUT2D eigenvalue weighted by atomic mass is 16.1. The number of anilines is 1. The highest BCUT2D eigenvalue weighted by Crippen LogP contribution is 2.16. The van der Waals surface area contributed by atoms with E-state index in [4.69, 9.17) is 5.73 Å². The molecule has 0 bridgehead atoms. The van der Waals surface area contributed by atoms with E-state index in [1.165, 1.54) is 19.3 Å². The van der Waals surface area contributed by atoms with Crippen molar-refractivity contribution in [2.24, 2.45) is 5.73 Å². The molecular weight excluding hydrogens is 250 g/mol. The van der Waals surface area contributed by atoms with Crippen molar-refractivity contribution in [2.45, 2.75) is 45.2 Å². The maximum atomic E-state index is 12.0. The van der Waals surface area contributed by atoms with Crippen LogP contribution in [0.2, 0.25) is 0 Å². The van der Waals surface area contributed by atoms with E-state index in [-0.39, 0.29) is 5.91 Å². The summed E-state index contributed by atoms with van der Waals surface area (Å²) in [5.41, 5.74) is 7.47. The largest absolute Gasteiger partial charge is 0.326 e. The average molecular weight is 275 g/mol. The number of likely N-dealkylation sites (tertiary alicyclic amines) is 1. The van der Waals surface area contributed by atoms with Gasteiger partial charge in [-0.2, -0.15) is 0 Å². The van der Waals surface area contributed by atoms with E-state index < -0.39 is 0 Å². The molecule has 1 unspecified atom stereocenters. The van der Waals surface area contributed by atoms with Crippen LogP contribution in [-0.2, 0) is 11.3 Å². The number of amides is 1. The predicted molar refractivity (Wildman–Crippen MR) is 82.5 cm³/mol. The Morgan fingerprint density at radius 1 is 1.45 bits per heavy atom. The third-order valence-electron chi connectivity index (χ3n) is 4.01. The minimum atomic E-state index is 0.0805. The Labute approximate surface area is 121 Å². The SMILES string of the molecule is CC1CCCCN1CCC(=O)Nc1cccc(CN)c1. The molecule has 20 heavy (non-hydrogen) atoms. The molecule has 1 aromatic carbocycles. The first-order valence-electron chi connectivity index (χ1n) is 7.52. The third kappa shape index (κ3) is 4.32. The van der Waals surface area contributed by atoms with Crippen LogP contribution in [0.4, 0.5) is 5.69 Å². The second-order valence-electron chi connectivity index (χ2n) is 5.58. The van der Waals surface area contributed by atoms with E-state index in [2.05, 4.69) is 17.1 Å². The second-order valence-corrected chi connectivity index (χ2v) is 5.58. The van der Waals surface area contributed by atoms with E-state index in [0.29, 0.717) is 19.0 Å². The van der Waals surface area contributed by atoms with Crippen molar-refractivity contribution in [3.05, 3.63) is 29.8 Å². The number of nitrogens with zero attached hydrogens (tertiary/aromatic N) is 1.